The summed E-state index contributed by atoms with van der Waals surface area (Å²) in [5, 5.41) is 8.77. The second-order valence-corrected chi connectivity index (χ2v) is 3.07. The molecule has 1 heterocycles. The summed E-state index contributed by atoms with van der Waals surface area (Å²) in [6.45, 7) is 2.00. The minimum atomic E-state index is -0.917. The lowest BCUT2D eigenvalue weighted by Gasteiger charge is -1.92. The summed E-state index contributed by atoms with van der Waals surface area (Å²) >= 11 is 0. The Morgan fingerprint density at radius 1 is 1.53 bits per heavy atom. The number of carboxylic acids is 1. The minimum absolute atomic E-state index is 0. The highest BCUT2D eigenvalue weighted by Crippen LogP contribution is 2.13. The van der Waals surface area contributed by atoms with Crippen LogP contribution >= 0.6 is 12.4 Å². The molecule has 2 aromatic rings. The van der Waals surface area contributed by atoms with E-state index in [2.05, 4.69) is 9.97 Å². The number of aromatic nitrogens is 2. The number of rotatable bonds is 2. The molecule has 0 saturated carbocycles. The van der Waals surface area contributed by atoms with Crippen LogP contribution in [-0.4, -0.2) is 21.0 Å². The monoisotopic (exact) mass is 226 g/mol. The molecule has 1 aromatic carbocycles. The molecule has 5 heteroatoms. The van der Waals surface area contributed by atoms with Crippen molar-refractivity contribution in [1.29, 1.82) is 0 Å². The maximum Gasteiger partial charge on any atom is 0.335 e. The Labute approximate surface area is 92.7 Å². The van der Waals surface area contributed by atoms with Crippen molar-refractivity contribution in [3.63, 3.8) is 0 Å². The summed E-state index contributed by atoms with van der Waals surface area (Å²) in [6, 6.07) is 4.88. The molecule has 0 spiro atoms. The molecule has 0 amide bonds. The Morgan fingerprint density at radius 3 is 2.87 bits per heavy atom. The highest BCUT2D eigenvalue weighted by Gasteiger charge is 2.06. The van der Waals surface area contributed by atoms with Gasteiger partial charge in [-0.15, -0.1) is 12.4 Å². The number of carbonyl (C=O) groups is 1. The largest absolute Gasteiger partial charge is 0.478 e. The predicted molar refractivity (Wildman–Crippen MR) is 59.7 cm³/mol. The van der Waals surface area contributed by atoms with Crippen LogP contribution in [0.4, 0.5) is 0 Å². The minimum Gasteiger partial charge on any atom is -0.478 e. The summed E-state index contributed by atoms with van der Waals surface area (Å²) < 4.78 is 0. The molecule has 0 saturated heterocycles. The van der Waals surface area contributed by atoms with E-state index >= 15 is 0 Å². The molecule has 0 aliphatic rings. The Morgan fingerprint density at radius 2 is 2.27 bits per heavy atom. The van der Waals surface area contributed by atoms with Gasteiger partial charge in [-0.25, -0.2) is 9.78 Å². The number of hydrogen-bond acceptors (Lipinski definition) is 2. The summed E-state index contributed by atoms with van der Waals surface area (Å²) in [7, 11) is 0. The van der Waals surface area contributed by atoms with Crippen molar-refractivity contribution in [3.8, 4) is 0 Å². The molecule has 0 aliphatic carbocycles. The third kappa shape index (κ3) is 2.10. The van der Waals surface area contributed by atoms with Gasteiger partial charge in [-0.05, 0) is 18.2 Å². The molecule has 4 nitrogen and oxygen atoms in total. The van der Waals surface area contributed by atoms with Gasteiger partial charge in [0.25, 0.3) is 0 Å². The molecule has 80 valence electrons. The fraction of sp³-hybridized carbons (Fsp3) is 0.200. The van der Waals surface area contributed by atoms with Gasteiger partial charge in [0, 0.05) is 6.42 Å². The van der Waals surface area contributed by atoms with E-state index in [9.17, 15) is 4.79 Å². The number of halogens is 1. The van der Waals surface area contributed by atoms with E-state index in [4.69, 9.17) is 5.11 Å². The molecule has 0 fully saturated rings. The van der Waals surface area contributed by atoms with Crippen LogP contribution in [0.15, 0.2) is 18.2 Å². The first-order valence-electron chi connectivity index (χ1n) is 4.42. The molecule has 1 aromatic heterocycles. The van der Waals surface area contributed by atoms with Crippen molar-refractivity contribution in [1.82, 2.24) is 9.97 Å². The molecule has 0 bridgehead atoms. The highest BCUT2D eigenvalue weighted by molar-refractivity contribution is 5.92. The standard InChI is InChI=1S/C10H10N2O2.ClH/c1-2-9-11-7-4-3-6(10(13)14)5-8(7)12-9;/h3-5H,2H2,1H3,(H,11,12)(H,13,14);1H. The lowest BCUT2D eigenvalue weighted by Crippen LogP contribution is -1.94. The van der Waals surface area contributed by atoms with Crippen LogP contribution in [0, 0.1) is 0 Å². The van der Waals surface area contributed by atoms with Crippen LogP contribution in [0.2, 0.25) is 0 Å². The van der Waals surface area contributed by atoms with E-state index in [1.54, 1.807) is 18.2 Å². The zero-order valence-electron chi connectivity index (χ0n) is 8.15. The second kappa shape index (κ2) is 4.31. The zero-order chi connectivity index (χ0) is 10.1. The van der Waals surface area contributed by atoms with E-state index < -0.39 is 5.97 Å². The first-order chi connectivity index (χ1) is 6.70. The average molecular weight is 227 g/mol. The maximum absolute atomic E-state index is 10.7. The number of aromatic carboxylic acids is 1. The number of aromatic amines is 1. The number of nitrogens with one attached hydrogen (secondary N) is 1. The number of benzene rings is 1. The fourth-order valence-electron chi connectivity index (χ4n) is 1.36. The SMILES string of the molecule is CCc1nc2ccc(C(=O)O)cc2[nH]1.Cl. The fourth-order valence-corrected chi connectivity index (χ4v) is 1.36. The first-order valence-corrected chi connectivity index (χ1v) is 4.42. The summed E-state index contributed by atoms with van der Waals surface area (Å²) in [4.78, 5) is 18.0. The Hall–Kier alpha value is -1.55. The molecule has 0 radical (unpaired) electrons. The van der Waals surface area contributed by atoms with E-state index in [0.29, 0.717) is 0 Å². The van der Waals surface area contributed by atoms with Crippen LogP contribution in [-0.2, 0) is 6.42 Å². The van der Waals surface area contributed by atoms with E-state index in [-0.39, 0.29) is 18.0 Å². The van der Waals surface area contributed by atoms with Crippen molar-refractivity contribution in [2.45, 2.75) is 13.3 Å². The van der Waals surface area contributed by atoms with E-state index in [1.807, 2.05) is 6.92 Å². The first kappa shape index (κ1) is 11.5. The van der Waals surface area contributed by atoms with Crippen LogP contribution in [0.25, 0.3) is 11.0 Å². The van der Waals surface area contributed by atoms with Gasteiger partial charge in [0.15, 0.2) is 0 Å². The number of fused-ring (bicyclic) bond motifs is 1. The zero-order valence-corrected chi connectivity index (χ0v) is 8.97. The molecule has 0 atom stereocenters. The van der Waals surface area contributed by atoms with Gasteiger partial charge in [-0.1, -0.05) is 6.92 Å². The summed E-state index contributed by atoms with van der Waals surface area (Å²) in [5.74, 6) is -0.0397. The van der Waals surface area contributed by atoms with Gasteiger partial charge in [0.05, 0.1) is 16.6 Å². The quantitative estimate of drug-likeness (QED) is 0.826. The Bertz CT molecular complexity index is 493. The highest BCUT2D eigenvalue weighted by atomic mass is 35.5. The molecule has 0 unspecified atom stereocenters. The molecule has 2 rings (SSSR count). The van der Waals surface area contributed by atoms with Gasteiger partial charge in [0.1, 0.15) is 5.82 Å². The normalized spacial score (nSPS) is 9.93. The van der Waals surface area contributed by atoms with Gasteiger partial charge in [-0.3, -0.25) is 0 Å². The van der Waals surface area contributed by atoms with Crippen LogP contribution in [0.3, 0.4) is 0 Å². The molecular weight excluding hydrogens is 216 g/mol. The number of carboxylic acid groups (broad SMARTS) is 1. The lowest BCUT2D eigenvalue weighted by atomic mass is 10.2. The van der Waals surface area contributed by atoms with Crippen molar-refractivity contribution >= 4 is 29.4 Å². The lowest BCUT2D eigenvalue weighted by molar-refractivity contribution is 0.0697. The third-order valence-corrected chi connectivity index (χ3v) is 2.11. The summed E-state index contributed by atoms with van der Waals surface area (Å²) in [6.07, 6.45) is 0.817. The number of nitrogens with zero attached hydrogens (tertiary/aromatic N) is 1. The third-order valence-electron chi connectivity index (χ3n) is 2.11. The van der Waals surface area contributed by atoms with Gasteiger partial charge < -0.3 is 10.1 Å². The molecule has 15 heavy (non-hydrogen) atoms. The van der Waals surface area contributed by atoms with Crippen molar-refractivity contribution in [2.75, 3.05) is 0 Å². The maximum atomic E-state index is 10.7. The Kier molecular flexibility index (Phi) is 3.31. The molecule has 0 aliphatic heterocycles. The van der Waals surface area contributed by atoms with Crippen LogP contribution in [0.1, 0.15) is 23.1 Å². The number of H-pyrrole nitrogens is 1. The number of hydrogen-bond donors (Lipinski definition) is 2. The van der Waals surface area contributed by atoms with Crippen LogP contribution in [0.5, 0.6) is 0 Å². The number of aryl methyl sites for hydroxylation is 1. The van der Waals surface area contributed by atoms with E-state index in [0.717, 1.165) is 23.3 Å². The van der Waals surface area contributed by atoms with Gasteiger partial charge >= 0.3 is 5.97 Å². The van der Waals surface area contributed by atoms with E-state index in [1.165, 1.54) is 0 Å². The predicted octanol–water partition coefficient (Wildman–Crippen LogP) is 2.25. The Balaban J connectivity index is 0.00000112. The average Bonchev–Trinajstić information content (AvgIpc) is 2.58. The second-order valence-electron chi connectivity index (χ2n) is 3.07. The molecule has 2 N–H and O–H groups in total. The summed E-state index contributed by atoms with van der Waals surface area (Å²) in [5.41, 5.74) is 1.87. The van der Waals surface area contributed by atoms with Crippen molar-refractivity contribution in [2.24, 2.45) is 0 Å². The number of imidazole rings is 1. The topological polar surface area (TPSA) is 66.0 Å². The van der Waals surface area contributed by atoms with Gasteiger partial charge in [-0.2, -0.15) is 0 Å². The van der Waals surface area contributed by atoms with Crippen molar-refractivity contribution in [3.05, 3.63) is 29.6 Å². The van der Waals surface area contributed by atoms with Crippen molar-refractivity contribution < 1.29 is 9.90 Å². The van der Waals surface area contributed by atoms with Gasteiger partial charge in [0.2, 0.25) is 0 Å². The molecular formula is C10H11ClN2O2. The van der Waals surface area contributed by atoms with Crippen LogP contribution < -0.4 is 0 Å². The smallest absolute Gasteiger partial charge is 0.335 e.